The second-order valence-corrected chi connectivity index (χ2v) is 14.1. The van der Waals surface area contributed by atoms with Gasteiger partial charge in [-0.3, -0.25) is 29.8 Å². The van der Waals surface area contributed by atoms with Crippen LogP contribution >= 0.6 is 35.0 Å². The molecule has 8 N–H and O–H groups in total. The third-order valence-electron chi connectivity index (χ3n) is 6.92. The average molecular weight is 790 g/mol. The first-order valence-corrected chi connectivity index (χ1v) is 17.8. The first-order chi connectivity index (χ1) is 24.4. The van der Waals surface area contributed by atoms with E-state index in [1.165, 1.54) is 30.3 Å². The lowest BCUT2D eigenvalue weighted by atomic mass is 10.0. The highest BCUT2D eigenvalue weighted by Gasteiger charge is 2.32. The van der Waals surface area contributed by atoms with Crippen LogP contribution in [0.1, 0.15) is 45.7 Å². The zero-order valence-electron chi connectivity index (χ0n) is 27.3. The van der Waals surface area contributed by atoms with E-state index < -0.39 is 54.0 Å². The Bertz CT molecular complexity index is 2240. The number of guanidine groups is 2. The average Bonchev–Trinajstić information content (AvgIpc) is 3.08. The number of nitrogens with two attached hydrogens (primary N) is 4. The van der Waals surface area contributed by atoms with Gasteiger partial charge in [-0.2, -0.15) is 9.98 Å². The van der Waals surface area contributed by atoms with Gasteiger partial charge in [-0.05, 0) is 60.4 Å². The molecule has 0 spiro atoms. The van der Waals surface area contributed by atoms with Gasteiger partial charge in [-0.1, -0.05) is 73.1 Å². The normalized spacial score (nSPS) is 10.7. The molecule has 0 aliphatic carbocycles. The quantitative estimate of drug-likeness (QED) is 0.0675. The van der Waals surface area contributed by atoms with Crippen molar-refractivity contribution in [3.8, 4) is 0 Å². The summed E-state index contributed by atoms with van der Waals surface area (Å²) in [4.78, 5) is 52.8. The first-order valence-electron chi connectivity index (χ1n) is 14.7. The van der Waals surface area contributed by atoms with Gasteiger partial charge in [0.1, 0.15) is 4.90 Å². The molecule has 272 valence electrons. The molecule has 52 heavy (non-hydrogen) atoms. The van der Waals surface area contributed by atoms with Gasteiger partial charge in [-0.25, -0.2) is 8.42 Å². The number of hydrogen-bond donors (Lipinski definition) is 4. The standard InChI is InChI=1S/C16H15ClN4O5S.C16H15ClN4O3S/c1-2-9-7-14(27(25,26)13-6-4-3-5-11(13)17)12(21(23)24)8-10(9)15(22)20-16(18)19;1-2-9-7-14(25-13-6-4-3-5-11(13)17)12(21(23)24)8-10(9)15(22)20-16(18)19/h3-8H,2H2,1H3,(H4,18,19,20,22);3-8H,2H2,1H3,(H4,18,19,20,22). The van der Waals surface area contributed by atoms with Crippen molar-refractivity contribution in [3.63, 3.8) is 0 Å². The molecule has 0 radical (unpaired) electrons. The van der Waals surface area contributed by atoms with Crippen LogP contribution in [0.2, 0.25) is 10.0 Å². The Morgan fingerprint density at radius 3 is 1.62 bits per heavy atom. The smallest absolute Gasteiger partial charge is 0.289 e. The highest BCUT2D eigenvalue weighted by molar-refractivity contribution is 7.99. The number of nitro benzene ring substituents is 2. The number of benzene rings is 4. The maximum Gasteiger partial charge on any atom is 0.289 e. The van der Waals surface area contributed by atoms with Crippen molar-refractivity contribution in [1.29, 1.82) is 0 Å². The molecule has 0 heterocycles. The van der Waals surface area contributed by atoms with Crippen LogP contribution in [0.3, 0.4) is 0 Å². The van der Waals surface area contributed by atoms with Crippen LogP contribution in [0.5, 0.6) is 0 Å². The molecule has 0 unspecified atom stereocenters. The van der Waals surface area contributed by atoms with E-state index in [1.54, 1.807) is 37.3 Å². The highest BCUT2D eigenvalue weighted by atomic mass is 35.5. The Balaban J connectivity index is 0.000000281. The van der Waals surface area contributed by atoms with E-state index in [0.29, 0.717) is 26.8 Å². The van der Waals surface area contributed by atoms with Gasteiger partial charge in [0.15, 0.2) is 11.9 Å². The van der Waals surface area contributed by atoms with Crippen molar-refractivity contribution in [2.45, 2.75) is 46.3 Å². The Labute approximate surface area is 311 Å². The van der Waals surface area contributed by atoms with Crippen molar-refractivity contribution >= 4 is 79.9 Å². The van der Waals surface area contributed by atoms with Crippen LogP contribution in [-0.4, -0.2) is 42.0 Å². The van der Waals surface area contributed by atoms with Crippen LogP contribution in [0.4, 0.5) is 11.4 Å². The summed E-state index contributed by atoms with van der Waals surface area (Å²) in [5, 5.41) is 23.4. The number of rotatable bonds is 10. The van der Waals surface area contributed by atoms with Gasteiger partial charge in [0, 0.05) is 17.0 Å². The largest absolute Gasteiger partial charge is 0.370 e. The number of halogens is 2. The molecule has 0 saturated heterocycles. The van der Waals surface area contributed by atoms with Crippen molar-refractivity contribution in [3.05, 3.63) is 125 Å². The van der Waals surface area contributed by atoms with Gasteiger partial charge in [0.05, 0.1) is 40.8 Å². The molecule has 4 aromatic rings. The monoisotopic (exact) mass is 788 g/mol. The van der Waals surface area contributed by atoms with Gasteiger partial charge < -0.3 is 22.9 Å². The summed E-state index contributed by atoms with van der Waals surface area (Å²) >= 11 is 13.2. The van der Waals surface area contributed by atoms with E-state index in [9.17, 15) is 38.2 Å². The molecule has 0 aliphatic heterocycles. The third-order valence-corrected chi connectivity index (χ3v) is 10.8. The summed E-state index contributed by atoms with van der Waals surface area (Å²) in [5.74, 6) is -2.53. The molecule has 4 rings (SSSR count). The summed E-state index contributed by atoms with van der Waals surface area (Å²) in [6.07, 6.45) is 0.694. The van der Waals surface area contributed by atoms with Gasteiger partial charge in [0.2, 0.25) is 9.84 Å². The first kappa shape index (κ1) is 40.9. The summed E-state index contributed by atoms with van der Waals surface area (Å²) in [6.45, 7) is 3.48. The summed E-state index contributed by atoms with van der Waals surface area (Å²) in [7, 11) is -4.31. The lowest BCUT2D eigenvalue weighted by Crippen LogP contribution is -2.24. The second kappa shape index (κ2) is 17.6. The zero-order valence-corrected chi connectivity index (χ0v) is 30.4. The minimum atomic E-state index is -4.31. The van der Waals surface area contributed by atoms with E-state index in [1.807, 2.05) is 6.92 Å². The molecule has 4 aromatic carbocycles. The van der Waals surface area contributed by atoms with E-state index in [2.05, 4.69) is 9.98 Å². The minimum absolute atomic E-state index is 0.0782. The number of nitro groups is 2. The van der Waals surface area contributed by atoms with E-state index in [-0.39, 0.29) is 38.7 Å². The molecule has 0 fully saturated rings. The van der Waals surface area contributed by atoms with Crippen LogP contribution in [0.15, 0.2) is 102 Å². The molecular weight excluding hydrogens is 759 g/mol. The number of carbonyl (C=O) groups is 2. The van der Waals surface area contributed by atoms with Crippen LogP contribution in [0, 0.1) is 20.2 Å². The van der Waals surface area contributed by atoms with Crippen molar-refractivity contribution < 1.29 is 27.9 Å². The highest BCUT2D eigenvalue weighted by Crippen LogP contribution is 2.40. The fraction of sp³-hybridized carbons (Fsp3) is 0.125. The second-order valence-electron chi connectivity index (χ2n) is 10.3. The lowest BCUT2D eigenvalue weighted by molar-refractivity contribution is -0.388. The molecule has 0 aromatic heterocycles. The molecule has 0 atom stereocenters. The van der Waals surface area contributed by atoms with Crippen LogP contribution in [0.25, 0.3) is 0 Å². The van der Waals surface area contributed by atoms with Crippen LogP contribution in [-0.2, 0) is 22.7 Å². The number of aliphatic imine (C=N–C) groups is 2. The van der Waals surface area contributed by atoms with Crippen molar-refractivity contribution in [2.75, 3.05) is 0 Å². The Hall–Kier alpha value is -5.56. The number of hydrogen-bond acceptors (Lipinski definition) is 9. The van der Waals surface area contributed by atoms with E-state index in [0.717, 1.165) is 23.9 Å². The van der Waals surface area contributed by atoms with Crippen LogP contribution < -0.4 is 22.9 Å². The fourth-order valence-corrected chi connectivity index (χ4v) is 7.77. The maximum atomic E-state index is 13.0. The molecule has 2 amide bonds. The molecule has 0 aliphatic rings. The number of carbonyl (C=O) groups excluding carboxylic acids is 2. The number of nitrogens with zero attached hydrogens (tertiary/aromatic N) is 4. The van der Waals surface area contributed by atoms with E-state index in [4.69, 9.17) is 46.1 Å². The van der Waals surface area contributed by atoms with Crippen molar-refractivity contribution in [1.82, 2.24) is 0 Å². The zero-order chi connectivity index (χ0) is 38.9. The Kier molecular flexibility index (Phi) is 13.8. The predicted octanol–water partition coefficient (Wildman–Crippen LogP) is 5.43. The third kappa shape index (κ3) is 9.81. The molecule has 20 heteroatoms. The number of amides is 2. The lowest BCUT2D eigenvalue weighted by Gasteiger charge is -2.11. The van der Waals surface area contributed by atoms with Gasteiger partial charge in [-0.15, -0.1) is 0 Å². The summed E-state index contributed by atoms with van der Waals surface area (Å²) in [6, 6.07) is 17.3. The topological polar surface area (TPSA) is 283 Å². The molecular formula is C32H30Cl2N8O8S2. The molecule has 0 bridgehead atoms. The van der Waals surface area contributed by atoms with E-state index >= 15 is 0 Å². The van der Waals surface area contributed by atoms with Crippen molar-refractivity contribution in [2.24, 2.45) is 32.9 Å². The minimum Gasteiger partial charge on any atom is -0.370 e. The number of sulfone groups is 1. The Morgan fingerprint density at radius 2 is 1.15 bits per heavy atom. The predicted molar refractivity (Wildman–Crippen MR) is 198 cm³/mol. The number of aryl methyl sites for hydroxylation is 2. The fourth-order valence-electron chi connectivity index (χ4n) is 4.57. The summed E-state index contributed by atoms with van der Waals surface area (Å²) < 4.78 is 25.9. The summed E-state index contributed by atoms with van der Waals surface area (Å²) in [5.41, 5.74) is 20.6. The van der Waals surface area contributed by atoms with Gasteiger partial charge >= 0.3 is 0 Å². The molecule has 16 nitrogen and oxygen atoms in total. The van der Waals surface area contributed by atoms with Gasteiger partial charge in [0.25, 0.3) is 23.2 Å². The molecule has 0 saturated carbocycles. The SMILES string of the molecule is CCc1cc(S(=O)(=O)c2ccccc2Cl)c([N+](=O)[O-])cc1C(=O)N=C(N)N.CCc1cc(Sc2ccccc2Cl)c([N+](=O)[O-])cc1C(=O)N=C(N)N. The Morgan fingerprint density at radius 1 is 0.692 bits per heavy atom. The maximum absolute atomic E-state index is 13.0.